The number of para-hydroxylation sites is 3. The summed E-state index contributed by atoms with van der Waals surface area (Å²) < 4.78 is 28.6. The minimum absolute atomic E-state index is 0. The molecular formula is C78H81N4OPt-3. The van der Waals surface area contributed by atoms with Crippen LogP contribution in [0.5, 0.6) is 11.5 Å². The molecule has 12 rings (SSSR count). The monoisotopic (exact) mass is 1290 g/mol. The summed E-state index contributed by atoms with van der Waals surface area (Å²) in [5.74, 6) is 1.38. The van der Waals surface area contributed by atoms with Gasteiger partial charge in [-0.2, -0.15) is 12.1 Å². The van der Waals surface area contributed by atoms with Gasteiger partial charge < -0.3 is 19.1 Å². The topological polar surface area (TPSA) is 33.5 Å². The number of rotatable bonds is 10. The molecule has 1 aliphatic heterocycles. The maximum atomic E-state index is 9.77. The van der Waals surface area contributed by atoms with Crippen molar-refractivity contribution in [2.45, 2.75) is 150 Å². The van der Waals surface area contributed by atoms with Crippen molar-refractivity contribution in [3.05, 3.63) is 222 Å². The number of fused-ring (bicyclic) bond motifs is 5. The first-order chi connectivity index (χ1) is 40.1. The smallest absolute Gasteiger partial charge is 0.135 e. The number of hydrogen-bond acceptors (Lipinski definition) is 4. The number of nitrogens with zero attached hydrogens (tertiary/aromatic N) is 4. The van der Waals surface area contributed by atoms with Gasteiger partial charge in [-0.05, 0) is 132 Å². The Hall–Kier alpha value is -7.20. The SMILES string of the molecule is [2H]C([2H])(c1cc(-n2c3[c-]c(Oc4[c-]c(N5[CH-]N(c6c(-c7ccccc7)cccc6-c6cc(C(C)(C)C)cc(C(C)(C)C)c6)c6ccccc65)ccc4)ccc3c3ccc(C(C)(C)C)cc32)ncc1-c1ccc2c(c1)C(C)(C)CCC2(C)C)C(C)C.[Pt]. The third kappa shape index (κ3) is 11.0. The molecule has 1 aliphatic carbocycles. The number of pyridine rings is 1. The largest absolute Gasteiger partial charge is 0.509 e. The minimum atomic E-state index is -1.68. The zero-order chi connectivity index (χ0) is 60.3. The van der Waals surface area contributed by atoms with E-state index in [2.05, 4.69) is 263 Å². The van der Waals surface area contributed by atoms with Gasteiger partial charge in [0, 0.05) is 80.8 Å². The van der Waals surface area contributed by atoms with Crippen molar-refractivity contribution >= 4 is 44.6 Å². The summed E-state index contributed by atoms with van der Waals surface area (Å²) in [7, 11) is 0. The van der Waals surface area contributed by atoms with Crippen LogP contribution in [-0.4, -0.2) is 9.55 Å². The van der Waals surface area contributed by atoms with Crippen molar-refractivity contribution in [1.82, 2.24) is 9.55 Å². The average Bonchev–Trinajstić information content (AvgIpc) is 3.48. The van der Waals surface area contributed by atoms with E-state index >= 15 is 0 Å². The maximum Gasteiger partial charge on any atom is 0.135 e. The second-order valence-corrected chi connectivity index (χ2v) is 28.0. The summed E-state index contributed by atoms with van der Waals surface area (Å²) >= 11 is 0. The second-order valence-electron chi connectivity index (χ2n) is 28.0. The van der Waals surface area contributed by atoms with E-state index in [1.54, 1.807) is 0 Å². The molecule has 0 bridgehead atoms. The van der Waals surface area contributed by atoms with Gasteiger partial charge in [0.1, 0.15) is 5.82 Å². The Bertz CT molecular complexity index is 4190. The first kappa shape index (κ1) is 56.0. The van der Waals surface area contributed by atoms with E-state index in [0.717, 1.165) is 85.2 Å². The maximum absolute atomic E-state index is 9.77. The van der Waals surface area contributed by atoms with Crippen LogP contribution in [0.3, 0.4) is 0 Å². The molecule has 0 fully saturated rings. The number of benzene rings is 8. The Kier molecular flexibility index (Phi) is 14.5. The van der Waals surface area contributed by atoms with Crippen LogP contribution in [0.2, 0.25) is 0 Å². The third-order valence-electron chi connectivity index (χ3n) is 17.4. The molecule has 432 valence electrons. The van der Waals surface area contributed by atoms with Crippen LogP contribution >= 0.6 is 0 Å². The van der Waals surface area contributed by atoms with E-state index < -0.39 is 6.37 Å². The van der Waals surface area contributed by atoms with Gasteiger partial charge in [0.25, 0.3) is 0 Å². The van der Waals surface area contributed by atoms with Gasteiger partial charge in [-0.1, -0.05) is 219 Å². The summed E-state index contributed by atoms with van der Waals surface area (Å²) in [6.07, 6.45) is 2.44. The normalized spacial score (nSPS) is 15.4. The molecule has 0 N–H and O–H groups in total. The third-order valence-corrected chi connectivity index (χ3v) is 17.4. The average molecular weight is 1290 g/mol. The van der Waals surface area contributed by atoms with E-state index in [0.29, 0.717) is 22.9 Å². The molecule has 10 aromatic rings. The molecule has 0 amide bonds. The predicted octanol–water partition coefficient (Wildman–Crippen LogP) is 21.4. The Morgan fingerprint density at radius 2 is 1.17 bits per heavy atom. The van der Waals surface area contributed by atoms with Crippen LogP contribution in [0.25, 0.3) is 61.0 Å². The van der Waals surface area contributed by atoms with Crippen molar-refractivity contribution in [3.63, 3.8) is 0 Å². The summed E-state index contributed by atoms with van der Waals surface area (Å²) in [5.41, 5.74) is 19.1. The molecule has 0 saturated heterocycles. The zero-order valence-corrected chi connectivity index (χ0v) is 54.0. The molecule has 3 heterocycles. The van der Waals surface area contributed by atoms with Gasteiger partial charge >= 0.3 is 0 Å². The number of hydrogen-bond donors (Lipinski definition) is 0. The predicted molar refractivity (Wildman–Crippen MR) is 350 cm³/mol. The van der Waals surface area contributed by atoms with Crippen LogP contribution in [0, 0.1) is 24.7 Å². The van der Waals surface area contributed by atoms with Gasteiger partial charge in [0.2, 0.25) is 0 Å². The Morgan fingerprint density at radius 3 is 1.83 bits per heavy atom. The van der Waals surface area contributed by atoms with E-state index in [1.165, 1.54) is 33.4 Å². The van der Waals surface area contributed by atoms with Crippen molar-refractivity contribution in [3.8, 4) is 50.7 Å². The molecule has 0 radical (unpaired) electrons. The minimum Gasteiger partial charge on any atom is -0.509 e. The molecule has 0 saturated carbocycles. The van der Waals surface area contributed by atoms with Crippen molar-refractivity contribution in [2.24, 2.45) is 5.92 Å². The van der Waals surface area contributed by atoms with Crippen LogP contribution in [-0.2, 0) is 54.5 Å². The van der Waals surface area contributed by atoms with E-state index in [4.69, 9.17) is 9.72 Å². The molecule has 8 aromatic carbocycles. The van der Waals surface area contributed by atoms with Crippen LogP contribution in [0.15, 0.2) is 170 Å². The Balaban J connectivity index is 0.00000768. The second kappa shape index (κ2) is 21.7. The van der Waals surface area contributed by atoms with Crippen LogP contribution < -0.4 is 14.5 Å². The van der Waals surface area contributed by atoms with Gasteiger partial charge in [-0.25, -0.2) is 4.98 Å². The zero-order valence-electron chi connectivity index (χ0n) is 53.7. The fourth-order valence-electron chi connectivity index (χ4n) is 12.4. The van der Waals surface area contributed by atoms with Crippen molar-refractivity contribution in [2.75, 3.05) is 9.80 Å². The molecule has 84 heavy (non-hydrogen) atoms. The molecule has 2 aromatic heterocycles. The molecule has 0 atom stereocenters. The Morgan fingerprint density at radius 1 is 0.560 bits per heavy atom. The molecule has 2 aliphatic rings. The quantitative estimate of drug-likeness (QED) is 0.128. The molecule has 0 unspecified atom stereocenters. The molecular weight excluding hydrogens is 1200 g/mol. The summed E-state index contributed by atoms with van der Waals surface area (Å²) in [6.45, 7) is 36.0. The van der Waals surface area contributed by atoms with Crippen molar-refractivity contribution in [1.29, 1.82) is 0 Å². The van der Waals surface area contributed by atoms with Crippen LogP contribution in [0.1, 0.15) is 153 Å². The van der Waals surface area contributed by atoms with E-state index in [1.807, 2.05) is 44.3 Å². The van der Waals surface area contributed by atoms with Gasteiger partial charge in [-0.3, -0.25) is 0 Å². The summed E-state index contributed by atoms with van der Waals surface area (Å²) in [5, 5.41) is 2.05. The summed E-state index contributed by atoms with van der Waals surface area (Å²) in [6, 6.07) is 66.3. The standard InChI is InChI=1S/C78H81N4O.Pt/c1-50(2)39-53-43-72(79-48-65(53)52-31-36-66-67(42-52)78(14,15)38-37-77(66,12)13)82-70-45-55(74(3,4)5)32-34-63(70)64-35-33-60(47-71(64)82)83-59-26-21-25-58(46-59)80-49-81(69-30-20-19-29-68(69)80)73-61(51-23-17-16-18-24-51)27-22-28-62(73)54-40-56(75(6,7)8)44-57(41-54)76(9,10)11;/h16-36,40-45,48-50H,37-39H2,1-15H3;/q-3;/i39D2;. The fraction of sp³-hybridized carbons (Fsp3) is 0.308. The molecule has 5 nitrogen and oxygen atoms in total. The van der Waals surface area contributed by atoms with Gasteiger partial charge in [0.15, 0.2) is 0 Å². The van der Waals surface area contributed by atoms with Crippen LogP contribution in [0.4, 0.5) is 22.7 Å². The van der Waals surface area contributed by atoms with E-state index in [-0.39, 0.29) is 54.1 Å². The fourth-order valence-corrected chi connectivity index (χ4v) is 12.4. The van der Waals surface area contributed by atoms with E-state index in [9.17, 15) is 2.74 Å². The Labute approximate surface area is 518 Å². The number of ether oxygens (including phenoxy) is 1. The van der Waals surface area contributed by atoms with Gasteiger partial charge in [-0.15, -0.1) is 48.1 Å². The first-order valence-corrected chi connectivity index (χ1v) is 29.8. The van der Waals surface area contributed by atoms with Crippen molar-refractivity contribution < 1.29 is 28.5 Å². The number of aromatic nitrogens is 2. The van der Waals surface area contributed by atoms with Gasteiger partial charge in [0.05, 0.1) is 0 Å². The number of anilines is 4. The molecule has 6 heteroatoms. The molecule has 0 spiro atoms. The summed E-state index contributed by atoms with van der Waals surface area (Å²) in [4.78, 5) is 9.87. The first-order valence-electron chi connectivity index (χ1n) is 30.8.